The third-order valence-corrected chi connectivity index (χ3v) is 6.22. The number of nitrogens with zero attached hydrogens (tertiary/aromatic N) is 3. The highest BCUT2D eigenvalue weighted by Crippen LogP contribution is 2.31. The summed E-state index contributed by atoms with van der Waals surface area (Å²) in [5, 5.41) is 0. The third-order valence-electron chi connectivity index (χ3n) is 6.22. The Bertz CT molecular complexity index is 832. The summed E-state index contributed by atoms with van der Waals surface area (Å²) in [6, 6.07) is 13.3. The van der Waals surface area contributed by atoms with Gasteiger partial charge in [0, 0.05) is 49.8 Å². The molecule has 1 aromatic heterocycles. The van der Waals surface area contributed by atoms with E-state index in [2.05, 4.69) is 11.0 Å². The fraction of sp³-hybridized carbons (Fsp3) is 0.478. The van der Waals surface area contributed by atoms with Crippen molar-refractivity contribution >= 4 is 5.91 Å². The van der Waals surface area contributed by atoms with Crippen LogP contribution in [0.2, 0.25) is 0 Å². The highest BCUT2D eigenvalue weighted by atomic mass is 19.1. The summed E-state index contributed by atoms with van der Waals surface area (Å²) in [7, 11) is 0. The molecule has 5 heteroatoms. The quantitative estimate of drug-likeness (QED) is 0.804. The molecule has 3 heterocycles. The van der Waals surface area contributed by atoms with Gasteiger partial charge in [-0.3, -0.25) is 14.7 Å². The smallest absolute Gasteiger partial charge is 0.219 e. The van der Waals surface area contributed by atoms with Crippen molar-refractivity contribution < 1.29 is 9.18 Å². The number of piperidine rings is 2. The van der Waals surface area contributed by atoms with Crippen LogP contribution in [-0.2, 0) is 4.79 Å². The molecule has 1 unspecified atom stereocenters. The van der Waals surface area contributed by atoms with Crippen LogP contribution < -0.4 is 0 Å². The second-order valence-electron chi connectivity index (χ2n) is 8.00. The van der Waals surface area contributed by atoms with Gasteiger partial charge < -0.3 is 4.90 Å². The van der Waals surface area contributed by atoms with Gasteiger partial charge in [0.25, 0.3) is 0 Å². The summed E-state index contributed by atoms with van der Waals surface area (Å²) in [5.74, 6) is 0.338. The van der Waals surface area contributed by atoms with Gasteiger partial charge in [0.2, 0.25) is 5.91 Å². The molecule has 148 valence electrons. The molecule has 4 rings (SSSR count). The van der Waals surface area contributed by atoms with Gasteiger partial charge in [-0.2, -0.15) is 0 Å². The van der Waals surface area contributed by atoms with E-state index in [1.165, 1.54) is 6.07 Å². The van der Waals surface area contributed by atoms with Crippen molar-refractivity contribution in [3.63, 3.8) is 0 Å². The highest BCUT2D eigenvalue weighted by Gasteiger charge is 2.30. The standard InChI is InChI=1S/C23H28FN3O/c1-17(28)26-14-11-19(12-15-26)27-13-5-6-18(16-27)22-9-4-10-23(25-22)20-7-2-3-8-21(20)24/h2-4,7-10,18-19H,5-6,11-16H2,1H3. The first-order valence-electron chi connectivity index (χ1n) is 10.3. The van der Waals surface area contributed by atoms with E-state index in [4.69, 9.17) is 4.98 Å². The maximum absolute atomic E-state index is 14.2. The minimum atomic E-state index is -0.227. The van der Waals surface area contributed by atoms with Crippen LogP contribution in [0.1, 0.15) is 44.2 Å². The predicted molar refractivity (Wildman–Crippen MR) is 108 cm³/mol. The van der Waals surface area contributed by atoms with E-state index in [9.17, 15) is 9.18 Å². The molecule has 2 saturated heterocycles. The van der Waals surface area contributed by atoms with E-state index in [-0.39, 0.29) is 11.7 Å². The first kappa shape index (κ1) is 19.1. The predicted octanol–water partition coefficient (Wildman–Crippen LogP) is 4.08. The Morgan fingerprint density at radius 1 is 1.04 bits per heavy atom. The summed E-state index contributed by atoms with van der Waals surface area (Å²) < 4.78 is 14.2. The summed E-state index contributed by atoms with van der Waals surface area (Å²) >= 11 is 0. The van der Waals surface area contributed by atoms with Crippen molar-refractivity contribution in [1.82, 2.24) is 14.8 Å². The lowest BCUT2D eigenvalue weighted by Crippen LogP contribution is -2.49. The van der Waals surface area contributed by atoms with Gasteiger partial charge >= 0.3 is 0 Å². The molecule has 0 spiro atoms. The minimum absolute atomic E-state index is 0.184. The van der Waals surface area contributed by atoms with Crippen molar-refractivity contribution in [2.24, 2.45) is 0 Å². The van der Waals surface area contributed by atoms with Crippen LogP contribution in [0.15, 0.2) is 42.5 Å². The minimum Gasteiger partial charge on any atom is -0.343 e. The lowest BCUT2D eigenvalue weighted by molar-refractivity contribution is -0.130. The Hall–Kier alpha value is -2.27. The fourth-order valence-electron chi connectivity index (χ4n) is 4.62. The van der Waals surface area contributed by atoms with Gasteiger partial charge in [0.1, 0.15) is 5.82 Å². The number of halogens is 1. The number of likely N-dealkylation sites (tertiary alicyclic amines) is 2. The largest absolute Gasteiger partial charge is 0.343 e. The van der Waals surface area contributed by atoms with Gasteiger partial charge in [-0.1, -0.05) is 18.2 Å². The fourth-order valence-corrected chi connectivity index (χ4v) is 4.62. The monoisotopic (exact) mass is 381 g/mol. The van der Waals surface area contributed by atoms with E-state index in [0.717, 1.165) is 57.6 Å². The van der Waals surface area contributed by atoms with Crippen molar-refractivity contribution in [2.75, 3.05) is 26.2 Å². The Morgan fingerprint density at radius 2 is 1.82 bits per heavy atom. The molecule has 2 aromatic rings. The number of pyridine rings is 1. The van der Waals surface area contributed by atoms with E-state index >= 15 is 0 Å². The zero-order chi connectivity index (χ0) is 19.5. The maximum atomic E-state index is 14.2. The molecular weight excluding hydrogens is 353 g/mol. The number of carbonyl (C=O) groups excluding carboxylic acids is 1. The summed E-state index contributed by atoms with van der Waals surface area (Å²) in [6.45, 7) is 5.50. The van der Waals surface area contributed by atoms with Crippen molar-refractivity contribution in [1.29, 1.82) is 0 Å². The average Bonchev–Trinajstić information content (AvgIpc) is 2.74. The zero-order valence-electron chi connectivity index (χ0n) is 16.5. The first-order chi connectivity index (χ1) is 13.6. The van der Waals surface area contributed by atoms with Crippen LogP contribution in [0.5, 0.6) is 0 Å². The molecular formula is C23H28FN3O. The number of aromatic nitrogens is 1. The molecule has 0 radical (unpaired) electrons. The van der Waals surface area contributed by atoms with Gasteiger partial charge in [0.05, 0.1) is 5.69 Å². The number of amides is 1. The summed E-state index contributed by atoms with van der Waals surface area (Å²) in [5.41, 5.74) is 2.34. The number of benzene rings is 1. The van der Waals surface area contributed by atoms with E-state index < -0.39 is 0 Å². The van der Waals surface area contributed by atoms with Gasteiger partial charge in [-0.25, -0.2) is 4.39 Å². The number of carbonyl (C=O) groups is 1. The second kappa shape index (κ2) is 8.39. The van der Waals surface area contributed by atoms with Gasteiger partial charge in [0.15, 0.2) is 0 Å². The van der Waals surface area contributed by atoms with Gasteiger partial charge in [-0.15, -0.1) is 0 Å². The van der Waals surface area contributed by atoms with Crippen LogP contribution in [0.3, 0.4) is 0 Å². The Kier molecular flexibility index (Phi) is 5.72. The van der Waals surface area contributed by atoms with E-state index in [0.29, 0.717) is 23.2 Å². The highest BCUT2D eigenvalue weighted by molar-refractivity contribution is 5.73. The molecule has 1 atom stereocenters. The topological polar surface area (TPSA) is 36.4 Å². The summed E-state index contributed by atoms with van der Waals surface area (Å²) in [4.78, 5) is 20.9. The van der Waals surface area contributed by atoms with E-state index in [1.54, 1.807) is 19.1 Å². The molecule has 0 aliphatic carbocycles. The Morgan fingerprint density at radius 3 is 2.57 bits per heavy atom. The molecule has 1 amide bonds. The lowest BCUT2D eigenvalue weighted by atomic mass is 9.91. The second-order valence-corrected chi connectivity index (χ2v) is 8.00. The van der Waals surface area contributed by atoms with Gasteiger partial charge in [-0.05, 0) is 56.5 Å². The number of rotatable bonds is 3. The Balaban J connectivity index is 1.46. The zero-order valence-corrected chi connectivity index (χ0v) is 16.5. The number of hydrogen-bond donors (Lipinski definition) is 0. The molecule has 0 saturated carbocycles. The molecule has 2 aliphatic heterocycles. The van der Waals surface area contributed by atoms with Crippen LogP contribution in [0.25, 0.3) is 11.3 Å². The van der Waals surface area contributed by atoms with Crippen LogP contribution in [0.4, 0.5) is 4.39 Å². The molecule has 1 aromatic carbocycles. The van der Waals surface area contributed by atoms with Crippen molar-refractivity contribution in [3.8, 4) is 11.3 Å². The average molecular weight is 381 g/mol. The lowest BCUT2D eigenvalue weighted by Gasteiger charge is -2.42. The maximum Gasteiger partial charge on any atom is 0.219 e. The molecule has 0 N–H and O–H groups in total. The van der Waals surface area contributed by atoms with Crippen LogP contribution in [-0.4, -0.2) is 52.9 Å². The molecule has 28 heavy (non-hydrogen) atoms. The first-order valence-corrected chi connectivity index (χ1v) is 10.3. The molecule has 2 aliphatic rings. The molecule has 4 nitrogen and oxygen atoms in total. The SMILES string of the molecule is CC(=O)N1CCC(N2CCCC(c3cccc(-c4ccccc4F)n3)C2)CC1. The van der Waals surface area contributed by atoms with Crippen molar-refractivity contribution in [3.05, 3.63) is 54.0 Å². The van der Waals surface area contributed by atoms with Crippen LogP contribution >= 0.6 is 0 Å². The summed E-state index contributed by atoms with van der Waals surface area (Å²) in [6.07, 6.45) is 4.38. The van der Waals surface area contributed by atoms with E-state index in [1.807, 2.05) is 23.1 Å². The van der Waals surface area contributed by atoms with Crippen molar-refractivity contribution in [2.45, 2.75) is 44.6 Å². The molecule has 0 bridgehead atoms. The number of hydrogen-bond acceptors (Lipinski definition) is 3. The third kappa shape index (κ3) is 4.09. The molecule has 2 fully saturated rings. The van der Waals surface area contributed by atoms with Crippen LogP contribution in [0, 0.1) is 5.82 Å². The Labute approximate surface area is 166 Å². The normalized spacial score (nSPS) is 21.6.